The number of alkyl halides is 3. The lowest BCUT2D eigenvalue weighted by atomic mass is 10.6. The highest BCUT2D eigenvalue weighted by Gasteiger charge is 2.69. The minimum atomic E-state index is -5.66. The molecule has 1 atom stereocenters. The summed E-state index contributed by atoms with van der Waals surface area (Å²) in [6.07, 6.45) is 0. The summed E-state index contributed by atoms with van der Waals surface area (Å²) in [4.78, 5) is 0. The summed E-state index contributed by atoms with van der Waals surface area (Å²) in [7, 11) is -3.62. The fourth-order valence-electron chi connectivity index (χ4n) is 0.505. The molecule has 81 valence electrons. The Hall–Kier alpha value is -0.690. The Morgan fingerprint density at radius 3 is 2.21 bits per heavy atom. The van der Waals surface area contributed by atoms with E-state index in [1.807, 2.05) is 0 Å². The van der Waals surface area contributed by atoms with E-state index in [2.05, 4.69) is 4.28 Å². The van der Waals surface area contributed by atoms with Crippen LogP contribution in [0.4, 0.5) is 13.2 Å². The van der Waals surface area contributed by atoms with Gasteiger partial charge in [0.2, 0.25) is 0 Å². The highest BCUT2D eigenvalue weighted by molar-refractivity contribution is 7.93. The van der Waals surface area contributed by atoms with Gasteiger partial charge in [-0.1, -0.05) is 0 Å². The first kappa shape index (κ1) is 13.3. The SMILES string of the molecule is C[N+](C)(CC#N)O[S+]([O])(=O)C(F)(F)F. The maximum absolute atomic E-state index is 11.8. The molecule has 1 unspecified atom stereocenters. The van der Waals surface area contributed by atoms with Gasteiger partial charge in [0.1, 0.15) is 20.2 Å². The van der Waals surface area contributed by atoms with Crippen LogP contribution in [0.5, 0.6) is 0 Å². The van der Waals surface area contributed by atoms with Gasteiger partial charge in [0.15, 0.2) is 6.54 Å². The van der Waals surface area contributed by atoms with Crippen LogP contribution in [0.15, 0.2) is 0 Å². The number of hydroxylamine groups is 3. The topological polar surface area (TPSA) is 70.0 Å². The average Bonchev–Trinajstić information content (AvgIpc) is 1.80. The molecule has 9 heteroatoms. The first-order valence-corrected chi connectivity index (χ1v) is 4.65. The van der Waals surface area contributed by atoms with Crippen molar-refractivity contribution < 1.29 is 30.9 Å². The molecule has 0 saturated heterocycles. The average molecular weight is 233 g/mol. The van der Waals surface area contributed by atoms with Crippen LogP contribution < -0.4 is 0 Å². The summed E-state index contributed by atoms with van der Waals surface area (Å²) in [5.74, 6) is 0. The lowest BCUT2D eigenvalue weighted by Crippen LogP contribution is -2.47. The second-order valence-corrected chi connectivity index (χ2v) is 4.38. The van der Waals surface area contributed by atoms with Gasteiger partial charge in [-0.25, -0.2) is 0 Å². The number of halogens is 3. The first-order valence-electron chi connectivity index (χ1n) is 3.24. The standard InChI is InChI=1S/C5H8F3N2O3S/c1-10(2,4-3-9)13-14(11,12)5(6,7)8/h4H2,1-2H3/q+2. The Morgan fingerprint density at radius 2 is 1.93 bits per heavy atom. The second-order valence-electron chi connectivity index (χ2n) is 2.86. The van der Waals surface area contributed by atoms with Crippen LogP contribution >= 0.6 is 0 Å². The molecular weight excluding hydrogens is 225 g/mol. The van der Waals surface area contributed by atoms with Gasteiger partial charge in [0, 0.05) is 0 Å². The molecule has 0 aliphatic heterocycles. The van der Waals surface area contributed by atoms with Crippen LogP contribution in [0.1, 0.15) is 0 Å². The molecule has 0 N–H and O–H groups in total. The Morgan fingerprint density at radius 1 is 1.50 bits per heavy atom. The third kappa shape index (κ3) is 3.59. The van der Waals surface area contributed by atoms with Crippen molar-refractivity contribution in [2.45, 2.75) is 5.51 Å². The van der Waals surface area contributed by atoms with Gasteiger partial charge in [-0.2, -0.15) is 5.26 Å². The zero-order valence-corrected chi connectivity index (χ0v) is 8.18. The fraction of sp³-hybridized carbons (Fsp3) is 0.800. The van der Waals surface area contributed by atoms with Crippen LogP contribution in [-0.4, -0.2) is 30.8 Å². The molecule has 0 aliphatic carbocycles. The normalized spacial score (nSPS) is 17.2. The van der Waals surface area contributed by atoms with Gasteiger partial charge in [0.05, 0.1) is 8.84 Å². The van der Waals surface area contributed by atoms with Crippen molar-refractivity contribution in [2.24, 2.45) is 0 Å². The number of hydrogen-bond acceptors (Lipinski definition) is 3. The van der Waals surface area contributed by atoms with E-state index >= 15 is 0 Å². The van der Waals surface area contributed by atoms with Crippen molar-refractivity contribution >= 4 is 10.5 Å². The van der Waals surface area contributed by atoms with Crippen molar-refractivity contribution in [3.8, 4) is 6.07 Å². The molecule has 0 amide bonds. The quantitative estimate of drug-likeness (QED) is 0.313. The maximum Gasteiger partial charge on any atom is 0.651 e. The monoisotopic (exact) mass is 233 g/mol. The van der Waals surface area contributed by atoms with E-state index in [1.54, 1.807) is 0 Å². The van der Waals surface area contributed by atoms with Gasteiger partial charge in [-0.3, -0.25) is 0 Å². The van der Waals surface area contributed by atoms with E-state index in [4.69, 9.17) is 5.26 Å². The largest absolute Gasteiger partial charge is 0.651 e. The summed E-state index contributed by atoms with van der Waals surface area (Å²) in [6.45, 7) is -0.519. The summed E-state index contributed by atoms with van der Waals surface area (Å²) in [6, 6.07) is 1.50. The van der Waals surface area contributed by atoms with Crippen molar-refractivity contribution in [1.82, 2.24) is 0 Å². The third-order valence-corrected chi connectivity index (χ3v) is 2.20. The third-order valence-electron chi connectivity index (χ3n) is 1.03. The van der Waals surface area contributed by atoms with Crippen molar-refractivity contribution in [2.75, 3.05) is 20.6 Å². The summed E-state index contributed by atoms with van der Waals surface area (Å²) < 4.78 is 59.1. The molecule has 0 heterocycles. The van der Waals surface area contributed by atoms with Gasteiger partial charge >= 0.3 is 16.0 Å². The zero-order chi connectivity index (χ0) is 11.6. The number of nitriles is 1. The Balaban J connectivity index is 4.70. The molecule has 0 aliphatic rings. The van der Waals surface area contributed by atoms with Crippen LogP contribution in [0.2, 0.25) is 0 Å². The van der Waals surface area contributed by atoms with E-state index in [9.17, 15) is 21.9 Å². The van der Waals surface area contributed by atoms with E-state index in [1.165, 1.54) is 6.07 Å². The Kier molecular flexibility index (Phi) is 3.63. The number of rotatable bonds is 3. The second kappa shape index (κ2) is 3.82. The van der Waals surface area contributed by atoms with Gasteiger partial charge in [-0.05, 0) is 4.21 Å². The molecular formula is C5H8F3N2O3S+2. The number of nitrogens with zero attached hydrogens (tertiary/aromatic N) is 2. The zero-order valence-electron chi connectivity index (χ0n) is 7.37. The molecule has 0 saturated carbocycles. The predicted octanol–water partition coefficient (Wildman–Crippen LogP) is 0.798. The molecule has 0 aromatic rings. The lowest BCUT2D eigenvalue weighted by molar-refractivity contribution is -1.05. The molecule has 0 rings (SSSR count). The Bertz CT molecular complexity index is 296. The molecule has 0 fully saturated rings. The van der Waals surface area contributed by atoms with Gasteiger partial charge < -0.3 is 0 Å². The minimum Gasteiger partial charge on any atom is -0.192 e. The molecule has 1 radical (unpaired) electrons. The maximum atomic E-state index is 11.8. The molecule has 0 bridgehead atoms. The Labute approximate surface area is 79.7 Å². The van der Waals surface area contributed by atoms with Crippen LogP contribution in [-0.2, 0) is 23.5 Å². The van der Waals surface area contributed by atoms with Gasteiger partial charge in [-0.15, -0.1) is 17.8 Å². The number of quaternary nitrogens is 1. The summed E-state index contributed by atoms with van der Waals surface area (Å²) in [5.41, 5.74) is -5.47. The summed E-state index contributed by atoms with van der Waals surface area (Å²) in [5, 5.41) is 8.18. The highest BCUT2D eigenvalue weighted by Crippen LogP contribution is 2.31. The molecule has 0 aromatic heterocycles. The first-order chi connectivity index (χ1) is 6.02. The van der Waals surface area contributed by atoms with Crippen LogP contribution in [0.25, 0.3) is 0 Å². The smallest absolute Gasteiger partial charge is 0.192 e. The highest BCUT2D eigenvalue weighted by atomic mass is 32.3. The van der Waals surface area contributed by atoms with Crippen molar-refractivity contribution in [1.29, 1.82) is 5.26 Å². The lowest BCUT2D eigenvalue weighted by Gasteiger charge is -2.18. The fourth-order valence-corrected chi connectivity index (χ4v) is 1.17. The molecule has 14 heavy (non-hydrogen) atoms. The molecule has 0 spiro atoms. The van der Waals surface area contributed by atoms with E-state index in [0.29, 0.717) is 0 Å². The van der Waals surface area contributed by atoms with E-state index in [-0.39, 0.29) is 0 Å². The van der Waals surface area contributed by atoms with E-state index < -0.39 is 27.2 Å². The predicted molar refractivity (Wildman–Crippen MR) is 38.5 cm³/mol. The number of hydrogen-bond donors (Lipinski definition) is 0. The minimum absolute atomic E-state index is 0.519. The van der Waals surface area contributed by atoms with E-state index in [0.717, 1.165) is 14.1 Å². The molecule has 0 aromatic carbocycles. The van der Waals surface area contributed by atoms with Crippen LogP contribution in [0, 0.1) is 11.3 Å². The summed E-state index contributed by atoms with van der Waals surface area (Å²) >= 11 is 0. The van der Waals surface area contributed by atoms with Crippen molar-refractivity contribution in [3.05, 3.63) is 0 Å². The van der Waals surface area contributed by atoms with Crippen molar-refractivity contribution in [3.63, 3.8) is 0 Å². The van der Waals surface area contributed by atoms with Gasteiger partial charge in [0.25, 0.3) is 0 Å². The van der Waals surface area contributed by atoms with Crippen LogP contribution in [0.3, 0.4) is 0 Å². The molecule has 5 nitrogen and oxygen atoms in total.